The highest BCUT2D eigenvalue weighted by molar-refractivity contribution is 6.30. The van der Waals surface area contributed by atoms with Crippen molar-refractivity contribution in [2.24, 2.45) is 0 Å². The molecule has 1 amide bonds. The van der Waals surface area contributed by atoms with Crippen molar-refractivity contribution in [1.82, 2.24) is 15.1 Å². The Balaban J connectivity index is 1.41. The second kappa shape index (κ2) is 12.2. The minimum absolute atomic E-state index is 0.169. The maximum absolute atomic E-state index is 13.6. The maximum Gasteiger partial charge on any atom is 0.299 e. The molecule has 5 aromatic rings. The lowest BCUT2D eigenvalue weighted by Gasteiger charge is -2.15. The molecular weight excluding hydrogens is 528 g/mol. The van der Waals surface area contributed by atoms with E-state index in [2.05, 4.69) is 15.7 Å². The van der Waals surface area contributed by atoms with E-state index in [1.54, 1.807) is 79.9 Å². The largest absolute Gasteiger partial charge is 0.497 e. The molecule has 0 fully saturated rings. The summed E-state index contributed by atoms with van der Waals surface area (Å²) in [4.78, 5) is 26.2. The van der Waals surface area contributed by atoms with Crippen LogP contribution in [0.1, 0.15) is 15.9 Å². The highest BCUT2D eigenvalue weighted by atomic mass is 35.5. The van der Waals surface area contributed by atoms with Gasteiger partial charge in [0.25, 0.3) is 11.5 Å². The Morgan fingerprint density at radius 1 is 0.875 bits per heavy atom. The summed E-state index contributed by atoms with van der Waals surface area (Å²) in [6, 6.07) is 30.2. The van der Waals surface area contributed by atoms with Gasteiger partial charge in [-0.05, 0) is 78.4 Å². The summed E-state index contributed by atoms with van der Waals surface area (Å²) in [5.41, 5.74) is 2.36. The standard InChI is InChI=1S/C31H25ClN4O4/c1-39-26-15-17-27(18-16-26)40-28-20-34-36(25-13-9-23(32)10-14-25)31(38)29(28)35-24-11-7-22(8-12-24)30(37)33-19-21-5-3-2-4-6-21/h2-18,20,35H,19H2,1H3,(H,33,37). The summed E-state index contributed by atoms with van der Waals surface area (Å²) in [6.07, 6.45) is 1.47. The number of hydrogen-bond acceptors (Lipinski definition) is 6. The Kier molecular flexibility index (Phi) is 8.08. The average Bonchev–Trinajstić information content (AvgIpc) is 2.99. The van der Waals surface area contributed by atoms with Gasteiger partial charge >= 0.3 is 0 Å². The van der Waals surface area contributed by atoms with E-state index in [9.17, 15) is 9.59 Å². The first-order chi connectivity index (χ1) is 19.5. The molecular formula is C31H25ClN4O4. The van der Waals surface area contributed by atoms with Gasteiger partial charge in [0.1, 0.15) is 11.5 Å². The Hall–Kier alpha value is -5.08. The molecule has 1 heterocycles. The van der Waals surface area contributed by atoms with Crippen LogP contribution in [-0.2, 0) is 6.54 Å². The summed E-state index contributed by atoms with van der Waals surface area (Å²) in [5, 5.41) is 10.9. The lowest BCUT2D eigenvalue weighted by Crippen LogP contribution is -2.24. The van der Waals surface area contributed by atoms with Gasteiger partial charge in [0.15, 0.2) is 11.4 Å². The second-order valence-corrected chi connectivity index (χ2v) is 9.16. The molecule has 40 heavy (non-hydrogen) atoms. The Bertz CT molecular complexity index is 1650. The number of anilines is 2. The summed E-state index contributed by atoms with van der Waals surface area (Å²) >= 11 is 6.02. The Labute approximate surface area is 235 Å². The van der Waals surface area contributed by atoms with E-state index in [0.29, 0.717) is 40.0 Å². The summed E-state index contributed by atoms with van der Waals surface area (Å²) in [7, 11) is 1.58. The van der Waals surface area contributed by atoms with Crippen LogP contribution in [0.3, 0.4) is 0 Å². The fourth-order valence-electron chi connectivity index (χ4n) is 3.90. The second-order valence-electron chi connectivity index (χ2n) is 8.73. The first-order valence-corrected chi connectivity index (χ1v) is 12.8. The number of aromatic nitrogens is 2. The number of amides is 1. The van der Waals surface area contributed by atoms with E-state index < -0.39 is 5.56 Å². The lowest BCUT2D eigenvalue weighted by molar-refractivity contribution is 0.0951. The van der Waals surface area contributed by atoms with Crippen LogP contribution < -0.4 is 25.7 Å². The van der Waals surface area contributed by atoms with Crippen molar-refractivity contribution in [2.45, 2.75) is 6.54 Å². The predicted octanol–water partition coefficient (Wildman–Crippen LogP) is 6.36. The number of nitrogens with one attached hydrogen (secondary N) is 2. The number of carbonyl (C=O) groups excluding carboxylic acids is 1. The molecule has 0 aliphatic heterocycles. The van der Waals surface area contributed by atoms with Crippen molar-refractivity contribution in [3.63, 3.8) is 0 Å². The van der Waals surface area contributed by atoms with Gasteiger partial charge in [-0.25, -0.2) is 0 Å². The van der Waals surface area contributed by atoms with Gasteiger partial charge in [0.2, 0.25) is 0 Å². The lowest BCUT2D eigenvalue weighted by atomic mass is 10.1. The highest BCUT2D eigenvalue weighted by Gasteiger charge is 2.16. The zero-order chi connectivity index (χ0) is 27.9. The monoisotopic (exact) mass is 552 g/mol. The number of benzene rings is 4. The van der Waals surface area contributed by atoms with Crippen LogP contribution >= 0.6 is 11.6 Å². The van der Waals surface area contributed by atoms with E-state index in [1.807, 2.05) is 30.3 Å². The maximum atomic E-state index is 13.6. The molecule has 0 spiro atoms. The summed E-state index contributed by atoms with van der Waals surface area (Å²) < 4.78 is 12.5. The van der Waals surface area contributed by atoms with Crippen LogP contribution in [0.5, 0.6) is 17.2 Å². The van der Waals surface area contributed by atoms with Crippen LogP contribution in [0.15, 0.2) is 114 Å². The minimum atomic E-state index is -0.432. The number of ether oxygens (including phenoxy) is 2. The van der Waals surface area contributed by atoms with Crippen molar-refractivity contribution in [2.75, 3.05) is 12.4 Å². The van der Waals surface area contributed by atoms with Crippen molar-refractivity contribution < 1.29 is 14.3 Å². The van der Waals surface area contributed by atoms with Crippen molar-refractivity contribution in [1.29, 1.82) is 0 Å². The molecule has 4 aromatic carbocycles. The molecule has 0 atom stereocenters. The smallest absolute Gasteiger partial charge is 0.299 e. The molecule has 8 nitrogen and oxygen atoms in total. The number of halogens is 1. The number of nitrogens with zero attached hydrogens (tertiary/aromatic N) is 2. The van der Waals surface area contributed by atoms with Crippen LogP contribution in [0.4, 0.5) is 11.4 Å². The number of methoxy groups -OCH3 is 1. The zero-order valence-electron chi connectivity index (χ0n) is 21.5. The van der Waals surface area contributed by atoms with Gasteiger partial charge in [-0.15, -0.1) is 0 Å². The number of rotatable bonds is 9. The van der Waals surface area contributed by atoms with Gasteiger partial charge in [0, 0.05) is 22.8 Å². The molecule has 0 aliphatic carbocycles. The fourth-order valence-corrected chi connectivity index (χ4v) is 4.02. The molecule has 2 N–H and O–H groups in total. The number of hydrogen-bond donors (Lipinski definition) is 2. The van der Waals surface area contributed by atoms with Crippen molar-refractivity contribution in [3.05, 3.63) is 136 Å². The first kappa shape index (κ1) is 26.5. The number of carbonyl (C=O) groups is 1. The third-order valence-electron chi connectivity index (χ3n) is 6.01. The highest BCUT2D eigenvalue weighted by Crippen LogP contribution is 2.30. The summed E-state index contributed by atoms with van der Waals surface area (Å²) in [5.74, 6) is 1.20. The molecule has 200 valence electrons. The SMILES string of the molecule is COc1ccc(Oc2cnn(-c3ccc(Cl)cc3)c(=O)c2Nc2ccc(C(=O)NCc3ccccc3)cc2)cc1. The van der Waals surface area contributed by atoms with E-state index in [4.69, 9.17) is 21.1 Å². The minimum Gasteiger partial charge on any atom is -0.497 e. The van der Waals surface area contributed by atoms with Crippen LogP contribution in [0.2, 0.25) is 5.02 Å². The van der Waals surface area contributed by atoms with Gasteiger partial charge < -0.3 is 20.1 Å². The van der Waals surface area contributed by atoms with E-state index in [1.165, 1.54) is 10.9 Å². The van der Waals surface area contributed by atoms with Gasteiger partial charge in [-0.2, -0.15) is 9.78 Å². The van der Waals surface area contributed by atoms with Crippen LogP contribution in [0, 0.1) is 0 Å². The molecule has 5 rings (SSSR count). The van der Waals surface area contributed by atoms with Crippen molar-refractivity contribution >= 4 is 28.9 Å². The van der Waals surface area contributed by atoms with Crippen LogP contribution in [-0.4, -0.2) is 22.8 Å². The molecule has 0 radical (unpaired) electrons. The predicted molar refractivity (Wildman–Crippen MR) is 155 cm³/mol. The Morgan fingerprint density at radius 3 is 2.23 bits per heavy atom. The molecule has 0 saturated heterocycles. The molecule has 0 unspecified atom stereocenters. The normalized spacial score (nSPS) is 10.6. The first-order valence-electron chi connectivity index (χ1n) is 12.4. The van der Waals surface area contributed by atoms with Gasteiger partial charge in [-0.3, -0.25) is 9.59 Å². The van der Waals surface area contributed by atoms with Gasteiger partial charge in [0.05, 0.1) is 19.0 Å². The topological polar surface area (TPSA) is 94.5 Å². The summed E-state index contributed by atoms with van der Waals surface area (Å²) in [6.45, 7) is 0.424. The van der Waals surface area contributed by atoms with Crippen LogP contribution in [0.25, 0.3) is 5.69 Å². The van der Waals surface area contributed by atoms with E-state index in [0.717, 1.165) is 5.56 Å². The van der Waals surface area contributed by atoms with E-state index in [-0.39, 0.29) is 17.3 Å². The van der Waals surface area contributed by atoms with E-state index >= 15 is 0 Å². The molecule has 9 heteroatoms. The molecule has 1 aromatic heterocycles. The third-order valence-corrected chi connectivity index (χ3v) is 6.27. The van der Waals surface area contributed by atoms with Crippen molar-refractivity contribution in [3.8, 4) is 22.9 Å². The molecule has 0 aliphatic rings. The van der Waals surface area contributed by atoms with Gasteiger partial charge in [-0.1, -0.05) is 41.9 Å². The quantitative estimate of drug-likeness (QED) is 0.221. The molecule has 0 saturated carbocycles. The molecule has 0 bridgehead atoms. The third kappa shape index (κ3) is 6.31. The zero-order valence-corrected chi connectivity index (χ0v) is 22.3. The average molecular weight is 553 g/mol. The Morgan fingerprint density at radius 2 is 1.55 bits per heavy atom. The fraction of sp³-hybridized carbons (Fsp3) is 0.0645.